The molecule has 1 saturated heterocycles. The van der Waals surface area contributed by atoms with Gasteiger partial charge in [0.25, 0.3) is 11.8 Å². The van der Waals surface area contributed by atoms with E-state index in [1.165, 1.54) is 6.07 Å². The van der Waals surface area contributed by atoms with Crippen LogP contribution in [0.2, 0.25) is 5.02 Å². The summed E-state index contributed by atoms with van der Waals surface area (Å²) in [6.07, 6.45) is -3.58. The second kappa shape index (κ2) is 9.77. The van der Waals surface area contributed by atoms with Crippen LogP contribution in [0.1, 0.15) is 36.0 Å². The highest BCUT2D eigenvalue weighted by molar-refractivity contribution is 6.38. The van der Waals surface area contributed by atoms with Gasteiger partial charge in [-0.3, -0.25) is 24.0 Å². The lowest BCUT2D eigenvalue weighted by molar-refractivity contribution is -0.167. The summed E-state index contributed by atoms with van der Waals surface area (Å²) in [5.74, 6) is -6.26. The summed E-state index contributed by atoms with van der Waals surface area (Å²) in [4.78, 5) is 61.2. The quantitative estimate of drug-likeness (QED) is 0.409. The van der Waals surface area contributed by atoms with Gasteiger partial charge in [0, 0.05) is 23.5 Å². The Kier molecular flexibility index (Phi) is 7.25. The molecule has 0 radical (unpaired) electrons. The number of Topliss-reactive ketones (excluding diaryl/α,β-unsaturated/α-hetero) is 1. The van der Waals surface area contributed by atoms with Gasteiger partial charge >= 0.3 is 12.1 Å². The van der Waals surface area contributed by atoms with E-state index < -0.39 is 52.9 Å². The third kappa shape index (κ3) is 6.44. The Balaban J connectivity index is 1.82. The van der Waals surface area contributed by atoms with Gasteiger partial charge in [0.2, 0.25) is 11.7 Å². The number of hydrogen-bond acceptors (Lipinski definition) is 5. The van der Waals surface area contributed by atoms with Gasteiger partial charge in [-0.1, -0.05) is 11.6 Å². The van der Waals surface area contributed by atoms with Crippen LogP contribution >= 0.6 is 11.6 Å². The minimum absolute atomic E-state index is 0.0188. The highest BCUT2D eigenvalue weighted by Gasteiger charge is 2.40. The molecule has 2 atom stereocenters. The van der Waals surface area contributed by atoms with Crippen molar-refractivity contribution in [1.82, 2.24) is 16.0 Å². The molecule has 4 N–H and O–H groups in total. The molecule has 178 valence electrons. The van der Waals surface area contributed by atoms with Crippen LogP contribution in [0.3, 0.4) is 0 Å². The van der Waals surface area contributed by atoms with Crippen LogP contribution in [-0.4, -0.2) is 54.2 Å². The van der Waals surface area contributed by atoms with Crippen LogP contribution in [0.25, 0.3) is 0 Å². The van der Waals surface area contributed by atoms with E-state index in [0.29, 0.717) is 25.8 Å². The lowest BCUT2D eigenvalue weighted by Gasteiger charge is -2.21. The summed E-state index contributed by atoms with van der Waals surface area (Å²) >= 11 is 5.86. The van der Waals surface area contributed by atoms with Crippen molar-refractivity contribution in [1.29, 1.82) is 0 Å². The lowest BCUT2D eigenvalue weighted by atomic mass is 9.95. The average Bonchev–Trinajstić information content (AvgIpc) is 3.47. The highest BCUT2D eigenvalue weighted by Crippen LogP contribution is 2.25. The fourth-order valence-electron chi connectivity index (χ4n) is 3.27. The predicted molar refractivity (Wildman–Crippen MR) is 109 cm³/mol. The molecule has 13 heteroatoms. The van der Waals surface area contributed by atoms with Gasteiger partial charge < -0.3 is 21.3 Å². The van der Waals surface area contributed by atoms with Gasteiger partial charge in [-0.05, 0) is 43.9 Å². The van der Waals surface area contributed by atoms with Gasteiger partial charge in [-0.25, -0.2) is 0 Å². The van der Waals surface area contributed by atoms with E-state index in [4.69, 9.17) is 11.6 Å². The summed E-state index contributed by atoms with van der Waals surface area (Å²) in [6.45, 7) is 0.370. The van der Waals surface area contributed by atoms with Crippen molar-refractivity contribution in [2.24, 2.45) is 5.92 Å². The smallest absolute Gasteiger partial charge is 0.356 e. The van der Waals surface area contributed by atoms with E-state index in [9.17, 15) is 37.1 Å². The van der Waals surface area contributed by atoms with E-state index in [1.807, 2.05) is 0 Å². The maximum atomic E-state index is 12.9. The minimum Gasteiger partial charge on any atom is -0.356 e. The zero-order chi connectivity index (χ0) is 24.3. The van der Waals surface area contributed by atoms with Crippen LogP contribution < -0.4 is 21.3 Å². The molecule has 0 aromatic heterocycles. The molecule has 3 rings (SSSR count). The first-order valence-electron chi connectivity index (χ1n) is 10.1. The Labute approximate surface area is 190 Å². The summed E-state index contributed by atoms with van der Waals surface area (Å²) in [7, 11) is 0. The number of benzene rings is 1. The lowest BCUT2D eigenvalue weighted by Crippen LogP contribution is -2.49. The van der Waals surface area contributed by atoms with Crippen LogP contribution in [0.5, 0.6) is 0 Å². The highest BCUT2D eigenvalue weighted by atomic mass is 35.5. The molecule has 4 amide bonds. The first kappa shape index (κ1) is 24.5. The number of amides is 4. The molecule has 0 bridgehead atoms. The van der Waals surface area contributed by atoms with Crippen LogP contribution in [0.4, 0.5) is 18.9 Å². The number of ketones is 1. The number of anilines is 1. The van der Waals surface area contributed by atoms with Crippen molar-refractivity contribution in [3.63, 3.8) is 0 Å². The molecule has 1 aliphatic carbocycles. The van der Waals surface area contributed by atoms with E-state index in [2.05, 4.69) is 16.0 Å². The Hall–Kier alpha value is -3.15. The Morgan fingerprint density at radius 2 is 1.85 bits per heavy atom. The van der Waals surface area contributed by atoms with Crippen LogP contribution in [0, 0.1) is 5.92 Å². The predicted octanol–water partition coefficient (Wildman–Crippen LogP) is 1.31. The fraction of sp³-hybridized carbons (Fsp3) is 0.450. The van der Waals surface area contributed by atoms with Gasteiger partial charge in [0.1, 0.15) is 0 Å². The molecule has 9 nitrogen and oxygen atoms in total. The van der Waals surface area contributed by atoms with Gasteiger partial charge in [0.15, 0.2) is 0 Å². The molecule has 1 saturated carbocycles. The second-order valence-electron chi connectivity index (χ2n) is 7.79. The van der Waals surface area contributed by atoms with Gasteiger partial charge in [-0.15, -0.1) is 0 Å². The number of hydrogen-bond donors (Lipinski definition) is 4. The van der Waals surface area contributed by atoms with E-state index >= 15 is 0 Å². The standard InChI is InChI=1S/C20H20ClF3N4O5/c21-10-1-4-13(28-19(33)20(22,23)24)12(8-10)17(31)27-14(7-9-5-6-25-16(9)30)15(29)18(32)26-11-2-3-11/h1,4,8-9,11,14H,2-3,5-7H2,(H,25,30)(H,26,32)(H,27,31)(H,28,33). The van der Waals surface area contributed by atoms with Crippen molar-refractivity contribution in [2.45, 2.75) is 43.9 Å². The maximum absolute atomic E-state index is 12.9. The Morgan fingerprint density at radius 1 is 1.15 bits per heavy atom. The number of halogens is 4. The molecule has 1 aromatic rings. The SMILES string of the molecule is O=C(NC1CC1)C(=O)C(CC1CCNC1=O)NC(=O)c1cc(Cl)ccc1NC(=O)C(F)(F)F. The Bertz CT molecular complexity index is 996. The van der Waals surface area contributed by atoms with E-state index in [-0.39, 0.29) is 23.4 Å². The zero-order valence-electron chi connectivity index (χ0n) is 17.1. The first-order valence-corrected chi connectivity index (χ1v) is 10.4. The second-order valence-corrected chi connectivity index (χ2v) is 8.23. The van der Waals surface area contributed by atoms with E-state index in [0.717, 1.165) is 12.1 Å². The van der Waals surface area contributed by atoms with Crippen molar-refractivity contribution in [2.75, 3.05) is 11.9 Å². The van der Waals surface area contributed by atoms with E-state index in [1.54, 1.807) is 5.32 Å². The number of rotatable bonds is 8. The third-order valence-corrected chi connectivity index (χ3v) is 5.41. The van der Waals surface area contributed by atoms with Gasteiger partial charge in [0.05, 0.1) is 17.3 Å². The first-order chi connectivity index (χ1) is 15.5. The summed E-state index contributed by atoms with van der Waals surface area (Å²) in [5.41, 5.74) is -0.942. The molecule has 2 aliphatic rings. The summed E-state index contributed by atoms with van der Waals surface area (Å²) in [6, 6.07) is 1.62. The maximum Gasteiger partial charge on any atom is 0.471 e. The normalized spacial score (nSPS) is 18.8. The molecule has 2 unspecified atom stereocenters. The molecule has 2 fully saturated rings. The fourth-order valence-corrected chi connectivity index (χ4v) is 3.44. The summed E-state index contributed by atoms with van der Waals surface area (Å²) in [5, 5.41) is 8.97. The van der Waals surface area contributed by atoms with Crippen molar-refractivity contribution >= 4 is 46.7 Å². The molecule has 1 aliphatic heterocycles. The average molecular weight is 489 g/mol. The van der Waals surface area contributed by atoms with Gasteiger partial charge in [-0.2, -0.15) is 13.2 Å². The molecule has 0 spiro atoms. The van der Waals surface area contributed by atoms with Crippen molar-refractivity contribution < 1.29 is 37.1 Å². The topological polar surface area (TPSA) is 133 Å². The number of carbonyl (C=O) groups excluding carboxylic acids is 5. The molecular weight excluding hydrogens is 469 g/mol. The number of carbonyl (C=O) groups is 5. The molecular formula is C20H20ClF3N4O5. The van der Waals surface area contributed by atoms with Crippen LogP contribution in [0.15, 0.2) is 18.2 Å². The minimum atomic E-state index is -5.21. The van der Waals surface area contributed by atoms with Crippen molar-refractivity contribution in [3.8, 4) is 0 Å². The molecule has 33 heavy (non-hydrogen) atoms. The Morgan fingerprint density at radius 3 is 2.42 bits per heavy atom. The third-order valence-electron chi connectivity index (χ3n) is 5.17. The number of nitrogens with one attached hydrogen (secondary N) is 4. The zero-order valence-corrected chi connectivity index (χ0v) is 17.8. The molecule has 1 aromatic carbocycles. The van der Waals surface area contributed by atoms with Crippen molar-refractivity contribution in [3.05, 3.63) is 28.8 Å². The largest absolute Gasteiger partial charge is 0.471 e. The molecule has 1 heterocycles. The number of alkyl halides is 3. The summed E-state index contributed by atoms with van der Waals surface area (Å²) < 4.78 is 38.0. The van der Waals surface area contributed by atoms with Crippen LogP contribution in [-0.2, 0) is 19.2 Å². The monoisotopic (exact) mass is 488 g/mol.